The molecule has 0 aliphatic carbocycles. The van der Waals surface area contributed by atoms with E-state index in [1.54, 1.807) is 18.2 Å². The lowest BCUT2D eigenvalue weighted by Crippen LogP contribution is -2.29. The molecule has 1 aromatic carbocycles. The number of nitrogens with one attached hydrogen (secondary N) is 2. The molecule has 0 bridgehead atoms. The van der Waals surface area contributed by atoms with Crippen molar-refractivity contribution in [3.8, 4) is 0 Å². The van der Waals surface area contributed by atoms with E-state index in [1.165, 1.54) is 6.07 Å². The molecule has 20 heavy (non-hydrogen) atoms. The van der Waals surface area contributed by atoms with Gasteiger partial charge in [-0.25, -0.2) is 13.1 Å². The van der Waals surface area contributed by atoms with Gasteiger partial charge in [-0.05, 0) is 23.6 Å². The van der Waals surface area contributed by atoms with Crippen LogP contribution in [0.25, 0.3) is 0 Å². The maximum Gasteiger partial charge on any atom is 0.243 e. The summed E-state index contributed by atoms with van der Waals surface area (Å²) in [7, 11) is -3.57. The average molecular weight is 296 g/mol. The van der Waals surface area contributed by atoms with E-state index in [2.05, 4.69) is 16.6 Å². The number of rotatable bonds is 7. The molecular formula is C14H20N2O3S. The van der Waals surface area contributed by atoms with Gasteiger partial charge >= 0.3 is 0 Å². The summed E-state index contributed by atoms with van der Waals surface area (Å²) in [6.45, 7) is 7.72. The van der Waals surface area contributed by atoms with Crippen molar-refractivity contribution in [2.45, 2.75) is 25.3 Å². The highest BCUT2D eigenvalue weighted by molar-refractivity contribution is 7.89. The Morgan fingerprint density at radius 1 is 1.35 bits per heavy atom. The average Bonchev–Trinajstić information content (AvgIpc) is 2.43. The zero-order valence-corrected chi connectivity index (χ0v) is 12.5. The number of sulfonamides is 1. The van der Waals surface area contributed by atoms with Crippen LogP contribution in [0.1, 0.15) is 19.4 Å². The normalized spacial score (nSPS) is 11.3. The predicted octanol–water partition coefficient (Wildman–Crippen LogP) is 1.42. The summed E-state index contributed by atoms with van der Waals surface area (Å²) < 4.78 is 27.0. The molecule has 0 fully saturated rings. The number of hydrogen-bond acceptors (Lipinski definition) is 3. The lowest BCUT2D eigenvalue weighted by atomic mass is 10.2. The topological polar surface area (TPSA) is 75.3 Å². The monoisotopic (exact) mass is 296 g/mol. The molecule has 110 valence electrons. The Morgan fingerprint density at radius 3 is 2.60 bits per heavy atom. The van der Waals surface area contributed by atoms with Crippen LogP contribution < -0.4 is 10.0 Å². The minimum Gasteiger partial charge on any atom is -0.348 e. The van der Waals surface area contributed by atoms with E-state index in [1.807, 2.05) is 13.8 Å². The van der Waals surface area contributed by atoms with Crippen LogP contribution in [0.15, 0.2) is 41.8 Å². The fraction of sp³-hybridized carbons (Fsp3) is 0.357. The van der Waals surface area contributed by atoms with Gasteiger partial charge in [-0.2, -0.15) is 0 Å². The SMILES string of the molecule is C=CC(=O)NCc1ccccc1S(=O)(=O)NCC(C)C. The molecule has 5 nitrogen and oxygen atoms in total. The van der Waals surface area contributed by atoms with E-state index in [9.17, 15) is 13.2 Å². The lowest BCUT2D eigenvalue weighted by molar-refractivity contribution is -0.116. The van der Waals surface area contributed by atoms with Gasteiger partial charge in [0.2, 0.25) is 15.9 Å². The fourth-order valence-electron chi connectivity index (χ4n) is 1.52. The van der Waals surface area contributed by atoms with Crippen molar-refractivity contribution in [1.29, 1.82) is 0 Å². The van der Waals surface area contributed by atoms with E-state index >= 15 is 0 Å². The predicted molar refractivity (Wildman–Crippen MR) is 78.5 cm³/mol. The van der Waals surface area contributed by atoms with E-state index in [-0.39, 0.29) is 23.3 Å². The molecule has 0 heterocycles. The molecule has 2 N–H and O–H groups in total. The smallest absolute Gasteiger partial charge is 0.243 e. The first kappa shape index (κ1) is 16.4. The highest BCUT2D eigenvalue weighted by Crippen LogP contribution is 2.15. The second kappa shape index (κ2) is 7.21. The lowest BCUT2D eigenvalue weighted by Gasteiger charge is -2.13. The molecule has 0 aliphatic heterocycles. The van der Waals surface area contributed by atoms with Gasteiger partial charge in [0, 0.05) is 13.1 Å². The summed E-state index contributed by atoms with van der Waals surface area (Å²) in [4.78, 5) is 11.4. The van der Waals surface area contributed by atoms with Gasteiger partial charge < -0.3 is 5.32 Å². The molecule has 1 amide bonds. The highest BCUT2D eigenvalue weighted by atomic mass is 32.2. The van der Waals surface area contributed by atoms with Gasteiger partial charge in [0.25, 0.3) is 0 Å². The maximum atomic E-state index is 12.2. The van der Waals surface area contributed by atoms with Crippen molar-refractivity contribution >= 4 is 15.9 Å². The van der Waals surface area contributed by atoms with Crippen molar-refractivity contribution < 1.29 is 13.2 Å². The van der Waals surface area contributed by atoms with Crippen molar-refractivity contribution in [1.82, 2.24) is 10.0 Å². The third-order valence-corrected chi connectivity index (χ3v) is 4.11. The molecule has 1 rings (SSSR count). The van der Waals surface area contributed by atoms with Crippen molar-refractivity contribution in [2.24, 2.45) is 5.92 Å². The summed E-state index contributed by atoms with van der Waals surface area (Å²) in [5, 5.41) is 2.58. The summed E-state index contributed by atoms with van der Waals surface area (Å²) in [6, 6.07) is 6.59. The molecular weight excluding hydrogens is 276 g/mol. The summed E-state index contributed by atoms with van der Waals surface area (Å²) in [5.41, 5.74) is 0.541. The van der Waals surface area contributed by atoms with Gasteiger partial charge in [-0.15, -0.1) is 0 Å². The van der Waals surface area contributed by atoms with Gasteiger partial charge in [-0.1, -0.05) is 38.6 Å². The van der Waals surface area contributed by atoms with Crippen molar-refractivity contribution in [2.75, 3.05) is 6.54 Å². The van der Waals surface area contributed by atoms with E-state index in [0.29, 0.717) is 12.1 Å². The Morgan fingerprint density at radius 2 is 2.00 bits per heavy atom. The fourth-order valence-corrected chi connectivity index (χ4v) is 2.97. The molecule has 1 aromatic rings. The van der Waals surface area contributed by atoms with E-state index < -0.39 is 10.0 Å². The molecule has 0 spiro atoms. The zero-order chi connectivity index (χ0) is 15.2. The number of amides is 1. The van der Waals surface area contributed by atoms with E-state index in [0.717, 1.165) is 6.08 Å². The third kappa shape index (κ3) is 4.79. The van der Waals surface area contributed by atoms with Crippen LogP contribution >= 0.6 is 0 Å². The summed E-state index contributed by atoms with van der Waals surface area (Å²) in [5.74, 6) is -0.121. The highest BCUT2D eigenvalue weighted by Gasteiger charge is 2.18. The van der Waals surface area contributed by atoms with Crippen LogP contribution in [0.5, 0.6) is 0 Å². The van der Waals surface area contributed by atoms with Crippen LogP contribution in [-0.4, -0.2) is 20.9 Å². The number of carbonyl (C=O) groups excluding carboxylic acids is 1. The Balaban J connectivity index is 2.94. The second-order valence-corrected chi connectivity index (χ2v) is 6.51. The Hall–Kier alpha value is -1.66. The summed E-state index contributed by atoms with van der Waals surface area (Å²) in [6.07, 6.45) is 1.15. The van der Waals surface area contributed by atoms with Crippen molar-refractivity contribution in [3.05, 3.63) is 42.5 Å². The van der Waals surface area contributed by atoms with Gasteiger partial charge in [0.1, 0.15) is 0 Å². The molecule has 0 saturated carbocycles. The van der Waals surface area contributed by atoms with Gasteiger partial charge in [0.15, 0.2) is 0 Å². The van der Waals surface area contributed by atoms with Crippen molar-refractivity contribution in [3.63, 3.8) is 0 Å². The largest absolute Gasteiger partial charge is 0.348 e. The quantitative estimate of drug-likeness (QED) is 0.747. The minimum absolute atomic E-state index is 0.142. The first-order chi connectivity index (χ1) is 9.36. The molecule has 0 radical (unpaired) electrons. The third-order valence-electron chi connectivity index (χ3n) is 2.58. The van der Waals surface area contributed by atoms with Crippen LogP contribution in [0.2, 0.25) is 0 Å². The second-order valence-electron chi connectivity index (χ2n) is 4.78. The Labute approximate surface area is 120 Å². The van der Waals surface area contributed by atoms with Gasteiger partial charge in [-0.3, -0.25) is 4.79 Å². The number of hydrogen-bond donors (Lipinski definition) is 2. The first-order valence-electron chi connectivity index (χ1n) is 6.34. The Bertz CT molecular complexity index is 580. The number of carbonyl (C=O) groups is 1. The van der Waals surface area contributed by atoms with Gasteiger partial charge in [0.05, 0.1) is 4.90 Å². The molecule has 0 saturated heterocycles. The molecule has 0 atom stereocenters. The van der Waals surface area contributed by atoms with Crippen LogP contribution in [0.3, 0.4) is 0 Å². The van der Waals surface area contributed by atoms with Crippen LogP contribution in [0.4, 0.5) is 0 Å². The zero-order valence-electron chi connectivity index (χ0n) is 11.7. The Kier molecular flexibility index (Phi) is 5.91. The number of benzene rings is 1. The van der Waals surface area contributed by atoms with Crippen LogP contribution in [-0.2, 0) is 21.4 Å². The molecule has 0 unspecified atom stereocenters. The minimum atomic E-state index is -3.57. The molecule has 0 aromatic heterocycles. The summed E-state index contributed by atoms with van der Waals surface area (Å²) >= 11 is 0. The molecule has 6 heteroatoms. The van der Waals surface area contributed by atoms with Crippen LogP contribution in [0, 0.1) is 5.92 Å². The maximum absolute atomic E-state index is 12.2. The first-order valence-corrected chi connectivity index (χ1v) is 7.83. The van der Waals surface area contributed by atoms with E-state index in [4.69, 9.17) is 0 Å². The molecule has 0 aliphatic rings. The standard InChI is InChI=1S/C14H20N2O3S/c1-4-14(17)15-10-12-7-5-6-8-13(12)20(18,19)16-9-11(2)3/h4-8,11,16H,1,9-10H2,2-3H3,(H,15,17).